The summed E-state index contributed by atoms with van der Waals surface area (Å²) >= 11 is 0. The zero-order chi connectivity index (χ0) is 14.1. The Kier molecular flexibility index (Phi) is 2.99. The molecule has 0 amide bonds. The Bertz CT molecular complexity index is 657. The van der Waals surface area contributed by atoms with E-state index >= 15 is 0 Å². The number of benzene rings is 2. The molecule has 2 unspecified atom stereocenters. The van der Waals surface area contributed by atoms with Crippen molar-refractivity contribution in [2.24, 2.45) is 4.99 Å². The van der Waals surface area contributed by atoms with E-state index < -0.39 is 0 Å². The number of aliphatic imine (C=N–C) groups is 1. The van der Waals surface area contributed by atoms with E-state index in [0.717, 1.165) is 18.0 Å². The van der Waals surface area contributed by atoms with Crippen LogP contribution in [0.2, 0.25) is 0 Å². The second kappa shape index (κ2) is 5.13. The molecule has 106 valence electrons. The third kappa shape index (κ3) is 2.33. The fraction of sp³-hybridized carbons (Fsp3) is 0.235. The van der Waals surface area contributed by atoms with Gasteiger partial charge in [-0.05, 0) is 17.7 Å². The van der Waals surface area contributed by atoms with Crippen LogP contribution in [0, 0.1) is 0 Å². The summed E-state index contributed by atoms with van der Waals surface area (Å²) < 4.78 is 11.8. The van der Waals surface area contributed by atoms with Crippen LogP contribution < -0.4 is 9.47 Å². The highest BCUT2D eigenvalue weighted by Crippen LogP contribution is 2.33. The van der Waals surface area contributed by atoms with E-state index in [9.17, 15) is 0 Å². The summed E-state index contributed by atoms with van der Waals surface area (Å²) in [5.74, 6) is 1.61. The van der Waals surface area contributed by atoms with Crippen LogP contribution in [0.5, 0.6) is 11.5 Å². The highest BCUT2D eigenvalue weighted by Gasteiger charge is 2.30. The van der Waals surface area contributed by atoms with Gasteiger partial charge in [0.05, 0.1) is 12.4 Å². The number of hydrogen-bond donors (Lipinski definition) is 0. The van der Waals surface area contributed by atoms with E-state index in [-0.39, 0.29) is 12.3 Å². The molecule has 0 spiro atoms. The highest BCUT2D eigenvalue weighted by molar-refractivity contribution is 5.59. The molecular formula is C17H16N2O2. The van der Waals surface area contributed by atoms with Gasteiger partial charge in [0.2, 0.25) is 6.23 Å². The second-order valence-electron chi connectivity index (χ2n) is 5.22. The van der Waals surface area contributed by atoms with Crippen molar-refractivity contribution >= 4 is 6.34 Å². The van der Waals surface area contributed by atoms with E-state index in [2.05, 4.69) is 22.0 Å². The molecule has 2 aliphatic heterocycles. The molecule has 4 heteroatoms. The van der Waals surface area contributed by atoms with Crippen molar-refractivity contribution in [3.05, 3.63) is 60.2 Å². The third-order valence-electron chi connectivity index (χ3n) is 3.83. The van der Waals surface area contributed by atoms with Crippen molar-refractivity contribution in [1.29, 1.82) is 0 Å². The van der Waals surface area contributed by atoms with Crippen molar-refractivity contribution in [1.82, 2.24) is 4.90 Å². The van der Waals surface area contributed by atoms with Gasteiger partial charge in [0.15, 0.2) is 11.5 Å². The molecule has 2 aromatic carbocycles. The predicted molar refractivity (Wildman–Crippen MR) is 80.7 cm³/mol. The molecule has 2 atom stereocenters. The normalized spacial score (nSPS) is 23.3. The first kappa shape index (κ1) is 12.3. The number of nitrogens with zero attached hydrogens (tertiary/aromatic N) is 2. The van der Waals surface area contributed by atoms with Crippen LogP contribution in [0.1, 0.15) is 11.6 Å². The lowest BCUT2D eigenvalue weighted by Crippen LogP contribution is -2.44. The first-order valence-corrected chi connectivity index (χ1v) is 7.12. The summed E-state index contributed by atoms with van der Waals surface area (Å²) in [7, 11) is 0. The maximum absolute atomic E-state index is 6.01. The monoisotopic (exact) mass is 280 g/mol. The van der Waals surface area contributed by atoms with E-state index in [1.165, 1.54) is 5.56 Å². The van der Waals surface area contributed by atoms with Crippen LogP contribution in [0.4, 0.5) is 0 Å². The van der Waals surface area contributed by atoms with Gasteiger partial charge in [0.1, 0.15) is 6.61 Å². The van der Waals surface area contributed by atoms with Crippen LogP contribution in [0.15, 0.2) is 59.6 Å². The van der Waals surface area contributed by atoms with Crippen molar-refractivity contribution in [3.63, 3.8) is 0 Å². The van der Waals surface area contributed by atoms with Crippen LogP contribution in [0.3, 0.4) is 0 Å². The Morgan fingerprint density at radius 2 is 1.71 bits per heavy atom. The van der Waals surface area contributed by atoms with Crippen LogP contribution in [-0.2, 0) is 0 Å². The average molecular weight is 280 g/mol. The Morgan fingerprint density at radius 3 is 2.57 bits per heavy atom. The maximum Gasteiger partial charge on any atom is 0.207 e. The van der Waals surface area contributed by atoms with Crippen molar-refractivity contribution in [2.75, 3.05) is 13.2 Å². The Balaban J connectivity index is 1.47. The molecule has 0 saturated carbocycles. The van der Waals surface area contributed by atoms with E-state index in [4.69, 9.17) is 9.47 Å². The van der Waals surface area contributed by atoms with Crippen LogP contribution in [-0.4, -0.2) is 30.6 Å². The molecule has 4 rings (SSSR count). The molecule has 21 heavy (non-hydrogen) atoms. The molecule has 0 aliphatic carbocycles. The Morgan fingerprint density at radius 1 is 0.952 bits per heavy atom. The minimum atomic E-state index is -0.114. The Hall–Kier alpha value is -2.49. The fourth-order valence-electron chi connectivity index (χ4n) is 2.69. The zero-order valence-electron chi connectivity index (χ0n) is 11.6. The van der Waals surface area contributed by atoms with Gasteiger partial charge in [-0.1, -0.05) is 42.5 Å². The highest BCUT2D eigenvalue weighted by atomic mass is 16.6. The summed E-state index contributed by atoms with van der Waals surface area (Å²) in [6.07, 6.45) is 1.76. The van der Waals surface area contributed by atoms with Gasteiger partial charge >= 0.3 is 0 Å². The molecule has 0 radical (unpaired) electrons. The Labute approximate surface area is 123 Å². The number of rotatable bonds is 2. The molecule has 2 heterocycles. The summed E-state index contributed by atoms with van der Waals surface area (Å²) in [6.45, 7) is 1.34. The summed E-state index contributed by atoms with van der Waals surface area (Å²) in [5.41, 5.74) is 1.23. The number of fused-ring (bicyclic) bond motifs is 1. The fourth-order valence-corrected chi connectivity index (χ4v) is 2.69. The maximum atomic E-state index is 6.01. The van der Waals surface area contributed by atoms with Crippen LogP contribution in [0.25, 0.3) is 0 Å². The van der Waals surface area contributed by atoms with Gasteiger partial charge in [-0.2, -0.15) is 0 Å². The smallest absolute Gasteiger partial charge is 0.207 e. The molecule has 2 aromatic rings. The molecule has 4 nitrogen and oxygen atoms in total. The average Bonchev–Trinajstić information content (AvgIpc) is 3.05. The summed E-state index contributed by atoms with van der Waals surface area (Å²) in [6, 6.07) is 18.3. The van der Waals surface area contributed by atoms with Gasteiger partial charge in [-0.15, -0.1) is 0 Å². The lowest BCUT2D eigenvalue weighted by Gasteiger charge is -2.32. The quantitative estimate of drug-likeness (QED) is 0.848. The predicted octanol–water partition coefficient (Wildman–Crippen LogP) is 2.87. The molecule has 0 N–H and O–H groups in total. The lowest BCUT2D eigenvalue weighted by atomic mass is 10.1. The SMILES string of the molecule is C1=NC(c2ccccc2)CN1C1COc2ccccc2O1. The van der Waals surface area contributed by atoms with E-state index in [1.807, 2.05) is 48.8 Å². The molecule has 0 saturated heterocycles. The molecular weight excluding hydrogens is 264 g/mol. The van der Waals surface area contributed by atoms with Crippen molar-refractivity contribution < 1.29 is 9.47 Å². The summed E-state index contributed by atoms with van der Waals surface area (Å²) in [4.78, 5) is 6.69. The number of hydrogen-bond acceptors (Lipinski definition) is 4. The van der Waals surface area contributed by atoms with Crippen molar-refractivity contribution in [2.45, 2.75) is 12.3 Å². The number of ether oxygens (including phenoxy) is 2. The van der Waals surface area contributed by atoms with Crippen molar-refractivity contribution in [3.8, 4) is 11.5 Å². The topological polar surface area (TPSA) is 34.1 Å². The number of para-hydroxylation sites is 2. The minimum Gasteiger partial charge on any atom is -0.484 e. The first-order chi connectivity index (χ1) is 10.4. The van der Waals surface area contributed by atoms with E-state index in [1.54, 1.807) is 0 Å². The van der Waals surface area contributed by atoms with Gasteiger partial charge in [0, 0.05) is 6.54 Å². The minimum absolute atomic E-state index is 0.114. The summed E-state index contributed by atoms with van der Waals surface area (Å²) in [5, 5.41) is 0. The third-order valence-corrected chi connectivity index (χ3v) is 3.83. The molecule has 0 bridgehead atoms. The van der Waals surface area contributed by atoms with Crippen LogP contribution >= 0.6 is 0 Å². The second-order valence-corrected chi connectivity index (χ2v) is 5.22. The molecule has 2 aliphatic rings. The molecule has 0 fully saturated rings. The first-order valence-electron chi connectivity index (χ1n) is 7.12. The van der Waals surface area contributed by atoms with Gasteiger partial charge < -0.3 is 14.4 Å². The zero-order valence-corrected chi connectivity index (χ0v) is 11.6. The van der Waals surface area contributed by atoms with Gasteiger partial charge in [-0.25, -0.2) is 0 Å². The lowest BCUT2D eigenvalue weighted by molar-refractivity contribution is 0.0125. The van der Waals surface area contributed by atoms with Gasteiger partial charge in [0.25, 0.3) is 0 Å². The molecule has 0 aromatic heterocycles. The van der Waals surface area contributed by atoms with E-state index in [0.29, 0.717) is 6.61 Å². The standard InChI is InChI=1S/C17H16N2O2/c1-2-6-13(7-3-1)14-10-19(12-18-14)17-11-20-15-8-4-5-9-16(15)21-17/h1-9,12,14,17H,10-11H2. The van der Waals surface area contributed by atoms with Gasteiger partial charge in [-0.3, -0.25) is 4.99 Å². The largest absolute Gasteiger partial charge is 0.484 e.